The number of carbonyl (C=O) groups excluding carboxylic acids is 1. The molecule has 0 saturated carbocycles. The molecule has 6 nitrogen and oxygen atoms in total. The molecule has 1 amide bonds. The summed E-state index contributed by atoms with van der Waals surface area (Å²) in [5.74, 6) is 1.05. The zero-order chi connectivity index (χ0) is 18.6. The Balaban J connectivity index is 1.66. The topological polar surface area (TPSA) is 69.3 Å². The Kier molecular flexibility index (Phi) is 5.32. The minimum absolute atomic E-state index is 0.240. The fraction of sp³-hybridized carbons (Fsp3) is 0.263. The first-order valence-corrected chi connectivity index (χ1v) is 8.59. The molecule has 0 fully saturated rings. The molecule has 0 saturated heterocycles. The summed E-state index contributed by atoms with van der Waals surface area (Å²) in [5, 5.41) is 7.78. The van der Waals surface area contributed by atoms with E-state index in [-0.39, 0.29) is 11.9 Å². The average molecular weight is 374 g/mol. The lowest BCUT2D eigenvalue weighted by atomic mass is 10.1. The van der Waals surface area contributed by atoms with E-state index in [1.54, 1.807) is 61.3 Å². The maximum Gasteiger partial charge on any atom is 0.263 e. The van der Waals surface area contributed by atoms with Crippen LogP contribution in [0.15, 0.2) is 65.5 Å². The number of hydrogen-bond donors (Lipinski definition) is 1. The van der Waals surface area contributed by atoms with Crippen molar-refractivity contribution in [3.05, 3.63) is 71.9 Å². The monoisotopic (exact) mass is 373 g/mol. The summed E-state index contributed by atoms with van der Waals surface area (Å²) in [6, 6.07) is 12.1. The highest BCUT2D eigenvalue weighted by Gasteiger charge is 2.31. The summed E-state index contributed by atoms with van der Waals surface area (Å²) < 4.78 is 13.0. The Morgan fingerprint density at radius 3 is 2.69 bits per heavy atom. The van der Waals surface area contributed by atoms with Crippen molar-refractivity contribution < 1.29 is 13.9 Å². The molecule has 1 aromatic carbocycles. The summed E-state index contributed by atoms with van der Waals surface area (Å²) in [5.41, 5.74) is -1.05. The van der Waals surface area contributed by atoms with Gasteiger partial charge in [-0.3, -0.25) is 9.48 Å². The van der Waals surface area contributed by atoms with Crippen molar-refractivity contribution in [2.45, 2.75) is 25.5 Å². The minimum Gasteiger partial charge on any atom is -0.478 e. The van der Waals surface area contributed by atoms with E-state index >= 15 is 0 Å². The van der Waals surface area contributed by atoms with Crippen molar-refractivity contribution in [2.75, 3.05) is 6.54 Å². The number of amides is 1. The van der Waals surface area contributed by atoms with E-state index in [1.165, 1.54) is 0 Å². The standard InChI is InChI=1S/C19H20ClN3O3/c1-19(2,26-15-8-6-14(20)7-9-15)18(24)21-13-16(17-5-3-12-25-17)23-11-4-10-22-23/h3-12,16H,13H2,1-2H3,(H,21,24). The number of carbonyl (C=O) groups is 1. The number of benzene rings is 1. The third-order valence-electron chi connectivity index (χ3n) is 3.91. The number of ether oxygens (including phenoxy) is 1. The number of halogens is 1. The quantitative estimate of drug-likeness (QED) is 0.685. The molecule has 0 bridgehead atoms. The first-order valence-electron chi connectivity index (χ1n) is 8.21. The predicted molar refractivity (Wildman–Crippen MR) is 98.2 cm³/mol. The molecule has 1 atom stereocenters. The van der Waals surface area contributed by atoms with Gasteiger partial charge in [0.05, 0.1) is 6.26 Å². The van der Waals surface area contributed by atoms with Gasteiger partial charge >= 0.3 is 0 Å². The summed E-state index contributed by atoms with van der Waals surface area (Å²) in [7, 11) is 0. The maximum atomic E-state index is 12.7. The summed E-state index contributed by atoms with van der Waals surface area (Å²) in [6.07, 6.45) is 5.11. The maximum absolute atomic E-state index is 12.7. The molecule has 0 spiro atoms. The van der Waals surface area contributed by atoms with Crippen LogP contribution in [0.4, 0.5) is 0 Å². The van der Waals surface area contributed by atoms with Gasteiger partial charge in [-0.25, -0.2) is 0 Å². The summed E-state index contributed by atoms with van der Waals surface area (Å²) in [6.45, 7) is 3.75. The lowest BCUT2D eigenvalue weighted by Crippen LogP contribution is -2.48. The van der Waals surface area contributed by atoms with Gasteiger partial charge in [-0.05, 0) is 56.3 Å². The van der Waals surface area contributed by atoms with Gasteiger partial charge in [0.25, 0.3) is 5.91 Å². The minimum atomic E-state index is -1.05. The molecule has 136 valence electrons. The van der Waals surface area contributed by atoms with Crippen molar-refractivity contribution in [3.63, 3.8) is 0 Å². The lowest BCUT2D eigenvalue weighted by Gasteiger charge is -2.26. The highest BCUT2D eigenvalue weighted by molar-refractivity contribution is 6.30. The van der Waals surface area contributed by atoms with Crippen molar-refractivity contribution in [2.24, 2.45) is 0 Å². The third-order valence-corrected chi connectivity index (χ3v) is 4.16. The summed E-state index contributed by atoms with van der Waals surface area (Å²) >= 11 is 5.88. The number of furan rings is 1. The average Bonchev–Trinajstić information content (AvgIpc) is 3.31. The molecule has 3 aromatic rings. The zero-order valence-corrected chi connectivity index (χ0v) is 15.3. The summed E-state index contributed by atoms with van der Waals surface area (Å²) in [4.78, 5) is 12.7. The van der Waals surface area contributed by atoms with Gasteiger partial charge in [0.15, 0.2) is 5.60 Å². The first kappa shape index (κ1) is 18.1. The van der Waals surface area contributed by atoms with Gasteiger partial charge in [0.2, 0.25) is 0 Å². The number of aromatic nitrogens is 2. The molecule has 3 rings (SSSR count). The van der Waals surface area contributed by atoms with Gasteiger partial charge < -0.3 is 14.5 Å². The highest BCUT2D eigenvalue weighted by Crippen LogP contribution is 2.22. The van der Waals surface area contributed by atoms with Crippen LogP contribution in [-0.4, -0.2) is 27.8 Å². The molecule has 1 unspecified atom stereocenters. The highest BCUT2D eigenvalue weighted by atomic mass is 35.5. The number of nitrogens with zero attached hydrogens (tertiary/aromatic N) is 2. The second-order valence-corrected chi connectivity index (χ2v) is 6.73. The molecule has 7 heteroatoms. The van der Waals surface area contributed by atoms with E-state index in [4.69, 9.17) is 20.8 Å². The van der Waals surface area contributed by atoms with E-state index in [2.05, 4.69) is 10.4 Å². The Labute approximate surface area is 156 Å². The van der Waals surface area contributed by atoms with Crippen LogP contribution < -0.4 is 10.1 Å². The zero-order valence-electron chi connectivity index (χ0n) is 14.6. The van der Waals surface area contributed by atoms with E-state index in [1.807, 2.05) is 18.3 Å². The Hall–Kier alpha value is -2.73. The third kappa shape index (κ3) is 4.26. The molecule has 2 aromatic heterocycles. The predicted octanol–water partition coefficient (Wildman–Crippen LogP) is 3.69. The Morgan fingerprint density at radius 1 is 1.31 bits per heavy atom. The smallest absolute Gasteiger partial charge is 0.263 e. The lowest BCUT2D eigenvalue weighted by molar-refractivity contribution is -0.134. The molecule has 2 heterocycles. The van der Waals surface area contributed by atoms with E-state index in [0.717, 1.165) is 0 Å². The second-order valence-electron chi connectivity index (χ2n) is 6.29. The van der Waals surface area contributed by atoms with Crippen LogP contribution in [0.2, 0.25) is 5.02 Å². The van der Waals surface area contributed by atoms with Crippen LogP contribution in [0.25, 0.3) is 0 Å². The Morgan fingerprint density at radius 2 is 2.08 bits per heavy atom. The fourth-order valence-electron chi connectivity index (χ4n) is 2.52. The van der Waals surface area contributed by atoms with Gasteiger partial charge in [0, 0.05) is 24.0 Å². The molecular weight excluding hydrogens is 354 g/mol. The Bertz CT molecular complexity index is 793. The molecular formula is C19H20ClN3O3. The van der Waals surface area contributed by atoms with Crippen LogP contribution in [0.3, 0.4) is 0 Å². The molecule has 0 aliphatic heterocycles. The van der Waals surface area contributed by atoms with E-state index in [0.29, 0.717) is 23.1 Å². The molecule has 1 N–H and O–H groups in total. The van der Waals surface area contributed by atoms with Crippen LogP contribution in [0.5, 0.6) is 5.75 Å². The van der Waals surface area contributed by atoms with Gasteiger partial charge in [0.1, 0.15) is 17.6 Å². The van der Waals surface area contributed by atoms with Gasteiger partial charge in [-0.2, -0.15) is 5.10 Å². The van der Waals surface area contributed by atoms with Crippen molar-refractivity contribution in [1.29, 1.82) is 0 Å². The molecule has 0 radical (unpaired) electrons. The second kappa shape index (κ2) is 7.66. The number of nitrogens with one attached hydrogen (secondary N) is 1. The number of hydrogen-bond acceptors (Lipinski definition) is 4. The van der Waals surface area contributed by atoms with Crippen molar-refractivity contribution in [1.82, 2.24) is 15.1 Å². The van der Waals surface area contributed by atoms with Crippen molar-refractivity contribution >= 4 is 17.5 Å². The number of rotatable bonds is 7. The molecule has 0 aliphatic carbocycles. The molecule has 0 aliphatic rings. The molecule has 26 heavy (non-hydrogen) atoms. The fourth-order valence-corrected chi connectivity index (χ4v) is 2.64. The van der Waals surface area contributed by atoms with Crippen LogP contribution in [0.1, 0.15) is 25.6 Å². The van der Waals surface area contributed by atoms with E-state index < -0.39 is 5.60 Å². The van der Waals surface area contributed by atoms with Gasteiger partial charge in [-0.15, -0.1) is 0 Å². The SMILES string of the molecule is CC(C)(Oc1ccc(Cl)cc1)C(=O)NCC(c1ccco1)n1cccn1. The van der Waals surface area contributed by atoms with Gasteiger partial charge in [-0.1, -0.05) is 11.6 Å². The van der Waals surface area contributed by atoms with Crippen molar-refractivity contribution in [3.8, 4) is 5.75 Å². The van der Waals surface area contributed by atoms with Crippen LogP contribution >= 0.6 is 11.6 Å². The van der Waals surface area contributed by atoms with Crippen LogP contribution in [-0.2, 0) is 4.79 Å². The first-order chi connectivity index (χ1) is 12.5. The van der Waals surface area contributed by atoms with E-state index in [9.17, 15) is 4.79 Å². The normalized spacial score (nSPS) is 12.6. The van der Waals surface area contributed by atoms with Crippen LogP contribution in [0, 0.1) is 0 Å². The largest absolute Gasteiger partial charge is 0.478 e.